The second kappa shape index (κ2) is 4.02. The molecule has 0 saturated carbocycles. The Morgan fingerprint density at radius 2 is 2.14 bits per heavy atom. The van der Waals surface area contributed by atoms with Crippen LogP contribution >= 0.6 is 11.6 Å². The van der Waals surface area contributed by atoms with E-state index in [0.717, 1.165) is 5.41 Å². The molecule has 1 rings (SSSR count). The van der Waals surface area contributed by atoms with Crippen molar-refractivity contribution in [3.05, 3.63) is 35.2 Å². The summed E-state index contributed by atoms with van der Waals surface area (Å²) in [5.74, 6) is 0.512. The fraction of sp³-hybridized carbons (Fsp3) is 0.111. The monoisotopic (exact) mass is 232 g/mol. The van der Waals surface area contributed by atoms with E-state index < -0.39 is 9.84 Å². The van der Waals surface area contributed by atoms with Crippen LogP contribution in [0.25, 0.3) is 0 Å². The maximum absolute atomic E-state index is 11.4. The SMILES string of the molecule is C=CS(=O)(=O)c1ccc(OC)cc1Cl. The fourth-order valence-electron chi connectivity index (χ4n) is 0.929. The number of benzene rings is 1. The second-order valence-corrected chi connectivity index (χ2v) is 4.78. The minimum absolute atomic E-state index is 0.0370. The molecule has 3 nitrogen and oxygen atoms in total. The Hall–Kier alpha value is -1.00. The maximum Gasteiger partial charge on any atom is 0.200 e. The van der Waals surface area contributed by atoms with E-state index in [4.69, 9.17) is 16.3 Å². The van der Waals surface area contributed by atoms with E-state index >= 15 is 0 Å². The molecule has 0 spiro atoms. The fourth-order valence-corrected chi connectivity index (χ4v) is 2.19. The molecule has 5 heteroatoms. The summed E-state index contributed by atoms with van der Waals surface area (Å²) in [5.41, 5.74) is 0. The van der Waals surface area contributed by atoms with Gasteiger partial charge < -0.3 is 4.74 Å². The van der Waals surface area contributed by atoms with Gasteiger partial charge in [0, 0.05) is 11.5 Å². The van der Waals surface area contributed by atoms with Crippen molar-refractivity contribution in [2.24, 2.45) is 0 Å². The van der Waals surface area contributed by atoms with E-state index in [1.807, 2.05) is 0 Å². The van der Waals surface area contributed by atoms with Crippen molar-refractivity contribution in [2.75, 3.05) is 7.11 Å². The van der Waals surface area contributed by atoms with Gasteiger partial charge >= 0.3 is 0 Å². The van der Waals surface area contributed by atoms with Gasteiger partial charge in [-0.25, -0.2) is 8.42 Å². The van der Waals surface area contributed by atoms with E-state index in [2.05, 4.69) is 6.58 Å². The highest BCUT2D eigenvalue weighted by Crippen LogP contribution is 2.26. The van der Waals surface area contributed by atoms with Gasteiger partial charge in [-0.3, -0.25) is 0 Å². The van der Waals surface area contributed by atoms with Gasteiger partial charge in [0.15, 0.2) is 0 Å². The Morgan fingerprint density at radius 3 is 2.57 bits per heavy atom. The topological polar surface area (TPSA) is 43.4 Å². The van der Waals surface area contributed by atoms with Crippen LogP contribution in [0.1, 0.15) is 0 Å². The minimum atomic E-state index is -3.48. The first-order chi connectivity index (χ1) is 6.51. The third-order valence-corrected chi connectivity index (χ3v) is 3.50. The van der Waals surface area contributed by atoms with Crippen LogP contribution in [-0.4, -0.2) is 15.5 Å². The lowest BCUT2D eigenvalue weighted by Gasteiger charge is -2.04. The normalized spacial score (nSPS) is 11.0. The number of methoxy groups -OCH3 is 1. The van der Waals surface area contributed by atoms with Crippen molar-refractivity contribution in [3.8, 4) is 5.75 Å². The van der Waals surface area contributed by atoms with Crippen molar-refractivity contribution in [2.45, 2.75) is 4.90 Å². The molecule has 0 aliphatic heterocycles. The highest BCUT2D eigenvalue weighted by atomic mass is 35.5. The molecule has 0 fully saturated rings. The minimum Gasteiger partial charge on any atom is -0.497 e. The first-order valence-electron chi connectivity index (χ1n) is 3.72. The molecule has 0 bridgehead atoms. The summed E-state index contributed by atoms with van der Waals surface area (Å²) >= 11 is 5.76. The number of hydrogen-bond acceptors (Lipinski definition) is 3. The van der Waals surface area contributed by atoms with Crippen LogP contribution in [0.5, 0.6) is 5.75 Å². The molecule has 0 radical (unpaired) electrons. The molecule has 0 atom stereocenters. The van der Waals surface area contributed by atoms with Crippen LogP contribution in [0.15, 0.2) is 35.1 Å². The molecule has 0 N–H and O–H groups in total. The third-order valence-electron chi connectivity index (χ3n) is 1.66. The molecule has 0 aromatic heterocycles. The summed E-state index contributed by atoms with van der Waals surface area (Å²) in [6, 6.07) is 4.36. The Kier molecular flexibility index (Phi) is 3.18. The van der Waals surface area contributed by atoms with Crippen molar-refractivity contribution < 1.29 is 13.2 Å². The quantitative estimate of drug-likeness (QED) is 0.803. The lowest BCUT2D eigenvalue weighted by Crippen LogP contribution is -1.96. The molecule has 1 aromatic rings. The van der Waals surface area contributed by atoms with E-state index in [1.165, 1.54) is 25.3 Å². The number of sulfone groups is 1. The predicted molar refractivity (Wildman–Crippen MR) is 55.4 cm³/mol. The van der Waals surface area contributed by atoms with Gasteiger partial charge in [0.05, 0.1) is 17.0 Å². The molecule has 0 amide bonds. The van der Waals surface area contributed by atoms with E-state index in [9.17, 15) is 8.42 Å². The number of hydrogen-bond donors (Lipinski definition) is 0. The van der Waals surface area contributed by atoms with Gasteiger partial charge in [-0.05, 0) is 12.1 Å². The maximum atomic E-state index is 11.4. The number of halogens is 1. The molecule has 0 saturated heterocycles. The van der Waals surface area contributed by atoms with Crippen LogP contribution in [0.2, 0.25) is 5.02 Å². The van der Waals surface area contributed by atoms with Crippen molar-refractivity contribution in [1.29, 1.82) is 0 Å². The van der Waals surface area contributed by atoms with Gasteiger partial charge in [-0.2, -0.15) is 0 Å². The van der Waals surface area contributed by atoms with E-state index in [1.54, 1.807) is 0 Å². The largest absolute Gasteiger partial charge is 0.497 e. The zero-order valence-corrected chi connectivity index (χ0v) is 9.10. The van der Waals surface area contributed by atoms with E-state index in [-0.39, 0.29) is 9.92 Å². The lowest BCUT2D eigenvalue weighted by atomic mass is 10.3. The molecular weight excluding hydrogens is 224 g/mol. The zero-order chi connectivity index (χ0) is 10.8. The standard InChI is InChI=1S/C9H9ClO3S/c1-3-14(11,12)9-5-4-7(13-2)6-8(9)10/h3-6H,1H2,2H3. The van der Waals surface area contributed by atoms with Crippen molar-refractivity contribution in [3.63, 3.8) is 0 Å². The van der Waals surface area contributed by atoms with Crippen LogP contribution in [-0.2, 0) is 9.84 Å². The molecule has 1 aromatic carbocycles. The van der Waals surface area contributed by atoms with Crippen molar-refractivity contribution >= 4 is 21.4 Å². The highest BCUT2D eigenvalue weighted by molar-refractivity contribution is 7.94. The summed E-state index contributed by atoms with van der Waals surface area (Å²) in [6.07, 6.45) is 0. The van der Waals surface area contributed by atoms with Gasteiger partial charge in [-0.15, -0.1) is 0 Å². The number of ether oxygens (including phenoxy) is 1. The molecule has 0 aliphatic rings. The highest BCUT2D eigenvalue weighted by Gasteiger charge is 2.14. The van der Waals surface area contributed by atoms with E-state index in [0.29, 0.717) is 5.75 Å². The Morgan fingerprint density at radius 1 is 1.50 bits per heavy atom. The van der Waals surface area contributed by atoms with Gasteiger partial charge in [0.1, 0.15) is 5.75 Å². The van der Waals surface area contributed by atoms with Crippen LogP contribution in [0.3, 0.4) is 0 Å². The molecule has 0 unspecified atom stereocenters. The summed E-state index contributed by atoms with van der Waals surface area (Å²) in [5, 5.41) is 0.991. The third kappa shape index (κ3) is 2.08. The summed E-state index contributed by atoms with van der Waals surface area (Å²) < 4.78 is 27.6. The second-order valence-electron chi connectivity index (χ2n) is 2.51. The average molecular weight is 233 g/mol. The van der Waals surface area contributed by atoms with Gasteiger partial charge in [-0.1, -0.05) is 18.2 Å². The first-order valence-corrected chi connectivity index (χ1v) is 5.65. The molecule has 0 heterocycles. The Labute approximate surface area is 87.9 Å². The summed E-state index contributed by atoms with van der Waals surface area (Å²) in [4.78, 5) is 0.0370. The summed E-state index contributed by atoms with van der Waals surface area (Å²) in [6.45, 7) is 3.21. The summed E-state index contributed by atoms with van der Waals surface area (Å²) in [7, 11) is -2.00. The van der Waals surface area contributed by atoms with Crippen LogP contribution in [0, 0.1) is 0 Å². The van der Waals surface area contributed by atoms with Crippen LogP contribution < -0.4 is 4.74 Å². The Bertz CT molecular complexity index is 451. The molecule has 76 valence electrons. The Balaban J connectivity index is 3.33. The lowest BCUT2D eigenvalue weighted by molar-refractivity contribution is 0.414. The zero-order valence-electron chi connectivity index (χ0n) is 7.53. The molecule has 0 aliphatic carbocycles. The smallest absolute Gasteiger partial charge is 0.200 e. The molecular formula is C9H9ClO3S. The average Bonchev–Trinajstić information content (AvgIpc) is 2.17. The molecule has 14 heavy (non-hydrogen) atoms. The van der Waals surface area contributed by atoms with Gasteiger partial charge in [0.2, 0.25) is 9.84 Å². The van der Waals surface area contributed by atoms with Crippen LogP contribution in [0.4, 0.5) is 0 Å². The predicted octanol–water partition coefficient (Wildman–Crippen LogP) is 2.27. The first kappa shape index (κ1) is 11.1. The van der Waals surface area contributed by atoms with Crippen molar-refractivity contribution in [1.82, 2.24) is 0 Å². The van der Waals surface area contributed by atoms with Gasteiger partial charge in [0.25, 0.3) is 0 Å². The number of rotatable bonds is 3.